The molecule has 28 heavy (non-hydrogen) atoms. The van der Waals surface area contributed by atoms with Gasteiger partial charge in [0.1, 0.15) is 0 Å². The summed E-state index contributed by atoms with van der Waals surface area (Å²) in [6.07, 6.45) is 3.15. The summed E-state index contributed by atoms with van der Waals surface area (Å²) in [5.74, 6) is -0.918. The Balaban J connectivity index is 0.000000320. The van der Waals surface area contributed by atoms with Gasteiger partial charge in [0.15, 0.2) is 0 Å². The minimum absolute atomic E-state index is 0.286. The Labute approximate surface area is 161 Å². The van der Waals surface area contributed by atoms with E-state index in [1.165, 1.54) is 0 Å². The average Bonchev–Trinajstić information content (AvgIpc) is 2.74. The van der Waals surface area contributed by atoms with Crippen molar-refractivity contribution in [1.82, 2.24) is 15.4 Å². The summed E-state index contributed by atoms with van der Waals surface area (Å²) < 4.78 is 0. The third kappa shape index (κ3) is 5.01. The van der Waals surface area contributed by atoms with E-state index >= 15 is 0 Å². The maximum absolute atomic E-state index is 10.8. The smallest absolute Gasteiger partial charge is 0.335 e. The lowest BCUT2D eigenvalue weighted by molar-refractivity contribution is 0.0697. The monoisotopic (exact) mass is 373 g/mol. The highest BCUT2D eigenvalue weighted by atomic mass is 16.4. The van der Waals surface area contributed by atoms with Crippen LogP contribution in [0.3, 0.4) is 0 Å². The van der Waals surface area contributed by atoms with Gasteiger partial charge in [0.2, 0.25) is 0 Å². The Morgan fingerprint density at radius 1 is 0.929 bits per heavy atom. The van der Waals surface area contributed by atoms with E-state index in [1.54, 1.807) is 42.7 Å². The Morgan fingerprint density at radius 3 is 2.11 bits per heavy atom. The third-order valence-corrected chi connectivity index (χ3v) is 4.01. The summed E-state index contributed by atoms with van der Waals surface area (Å²) in [5, 5.41) is 24.6. The Hall–Kier alpha value is -4.00. The molecule has 0 saturated carbocycles. The number of aromatic nitrogens is 3. The molecule has 0 radical (unpaired) electrons. The van der Waals surface area contributed by atoms with Crippen LogP contribution in [0.15, 0.2) is 79.1 Å². The van der Waals surface area contributed by atoms with Gasteiger partial charge in [-0.25, -0.2) is 4.79 Å². The predicted octanol–water partition coefficient (Wildman–Crippen LogP) is 3.60. The second-order valence-electron chi connectivity index (χ2n) is 5.95. The van der Waals surface area contributed by atoms with Crippen LogP contribution in [0.4, 0.5) is 11.4 Å². The number of hydrogen-bond donors (Lipinski definition) is 3. The van der Waals surface area contributed by atoms with Crippen molar-refractivity contribution in [3.8, 4) is 0 Å². The molecular weight excluding hydrogens is 354 g/mol. The number of nitrogens with two attached hydrogens (primary N) is 1. The van der Waals surface area contributed by atoms with Gasteiger partial charge in [-0.2, -0.15) is 0 Å². The summed E-state index contributed by atoms with van der Waals surface area (Å²) in [5.41, 5.74) is 8.93. The number of hydrogen-bond acceptors (Lipinski definition) is 6. The van der Waals surface area contributed by atoms with E-state index in [4.69, 9.17) is 10.8 Å². The molecule has 140 valence electrons. The molecule has 0 spiro atoms. The molecule has 3 aromatic carbocycles. The SMILES string of the molecule is Nc1cc2ccccc2cc1NCc1ccc(C(=O)O)cc1.c1cnnnc1. The third-order valence-electron chi connectivity index (χ3n) is 4.01. The van der Waals surface area contributed by atoms with Crippen LogP contribution in [-0.4, -0.2) is 26.5 Å². The number of carbonyl (C=O) groups is 1. The molecule has 0 saturated heterocycles. The fourth-order valence-electron chi connectivity index (χ4n) is 2.58. The number of nitrogens with zero attached hydrogens (tertiary/aromatic N) is 3. The van der Waals surface area contributed by atoms with Gasteiger partial charge in [0, 0.05) is 6.54 Å². The van der Waals surface area contributed by atoms with Crippen molar-refractivity contribution in [2.45, 2.75) is 6.54 Å². The van der Waals surface area contributed by atoms with Gasteiger partial charge in [-0.05, 0) is 51.9 Å². The first-order chi connectivity index (χ1) is 13.6. The predicted molar refractivity (Wildman–Crippen MR) is 109 cm³/mol. The molecule has 0 aliphatic rings. The van der Waals surface area contributed by atoms with Crippen LogP contribution in [0.1, 0.15) is 15.9 Å². The fraction of sp³-hybridized carbons (Fsp3) is 0.0476. The van der Waals surface area contributed by atoms with Crippen LogP contribution in [0, 0.1) is 0 Å². The molecule has 7 nitrogen and oxygen atoms in total. The lowest BCUT2D eigenvalue weighted by Gasteiger charge is -2.11. The highest BCUT2D eigenvalue weighted by molar-refractivity contribution is 5.91. The Bertz CT molecular complexity index is 1030. The second kappa shape index (κ2) is 9.09. The molecule has 4 rings (SSSR count). The highest BCUT2D eigenvalue weighted by Gasteiger charge is 2.04. The van der Waals surface area contributed by atoms with Gasteiger partial charge in [0.25, 0.3) is 0 Å². The van der Waals surface area contributed by atoms with Crippen molar-refractivity contribution in [1.29, 1.82) is 0 Å². The Kier molecular flexibility index (Phi) is 6.10. The first-order valence-electron chi connectivity index (χ1n) is 8.56. The van der Waals surface area contributed by atoms with E-state index in [9.17, 15) is 4.79 Å². The van der Waals surface area contributed by atoms with Gasteiger partial charge in [-0.1, -0.05) is 36.4 Å². The number of rotatable bonds is 4. The van der Waals surface area contributed by atoms with Gasteiger partial charge in [-0.15, -0.1) is 10.2 Å². The zero-order chi connectivity index (χ0) is 19.8. The summed E-state index contributed by atoms with van der Waals surface area (Å²) in [7, 11) is 0. The van der Waals surface area contributed by atoms with Crippen molar-refractivity contribution in [3.63, 3.8) is 0 Å². The largest absolute Gasteiger partial charge is 0.478 e. The summed E-state index contributed by atoms with van der Waals surface area (Å²) in [6.45, 7) is 0.586. The van der Waals surface area contributed by atoms with E-state index in [-0.39, 0.29) is 5.56 Å². The van der Waals surface area contributed by atoms with Crippen LogP contribution in [-0.2, 0) is 6.54 Å². The zero-order valence-electron chi connectivity index (χ0n) is 15.0. The van der Waals surface area contributed by atoms with Crippen molar-refractivity contribution in [3.05, 3.63) is 90.3 Å². The lowest BCUT2D eigenvalue weighted by Crippen LogP contribution is -2.03. The number of carboxylic acid groups (broad SMARTS) is 1. The minimum atomic E-state index is -0.918. The number of benzene rings is 3. The second-order valence-corrected chi connectivity index (χ2v) is 5.95. The van der Waals surface area contributed by atoms with E-state index in [0.717, 1.165) is 22.0 Å². The molecule has 0 fully saturated rings. The fourth-order valence-corrected chi connectivity index (χ4v) is 2.58. The molecule has 0 amide bonds. The van der Waals surface area contributed by atoms with Gasteiger partial charge in [0.05, 0.1) is 29.3 Å². The number of fused-ring (bicyclic) bond motifs is 1. The maximum atomic E-state index is 10.8. The Morgan fingerprint density at radius 2 is 1.57 bits per heavy atom. The number of nitrogens with one attached hydrogen (secondary N) is 1. The topological polar surface area (TPSA) is 114 Å². The number of anilines is 2. The van der Waals surface area contributed by atoms with Crippen molar-refractivity contribution < 1.29 is 9.90 Å². The lowest BCUT2D eigenvalue weighted by atomic mass is 10.1. The summed E-state index contributed by atoms with van der Waals surface area (Å²) >= 11 is 0. The van der Waals surface area contributed by atoms with Gasteiger partial charge >= 0.3 is 5.97 Å². The summed E-state index contributed by atoms with van der Waals surface area (Å²) in [4.78, 5) is 10.8. The van der Waals surface area contributed by atoms with Crippen molar-refractivity contribution in [2.75, 3.05) is 11.1 Å². The molecule has 0 atom stereocenters. The molecular formula is C21H19N5O2. The number of carboxylic acids is 1. The first kappa shape index (κ1) is 18.8. The van der Waals surface area contributed by atoms with Crippen LogP contribution in [0.25, 0.3) is 10.8 Å². The quantitative estimate of drug-likeness (QED) is 0.468. The molecule has 0 bridgehead atoms. The number of nitrogen functional groups attached to an aromatic ring is 1. The summed E-state index contributed by atoms with van der Waals surface area (Å²) in [6, 6.07) is 20.5. The van der Waals surface area contributed by atoms with E-state index in [1.807, 2.05) is 36.4 Å². The van der Waals surface area contributed by atoms with E-state index in [2.05, 4.69) is 20.7 Å². The average molecular weight is 373 g/mol. The van der Waals surface area contributed by atoms with E-state index in [0.29, 0.717) is 12.2 Å². The first-order valence-corrected chi connectivity index (χ1v) is 8.56. The van der Waals surface area contributed by atoms with Crippen LogP contribution in [0.5, 0.6) is 0 Å². The minimum Gasteiger partial charge on any atom is -0.478 e. The normalized spacial score (nSPS) is 10.0. The van der Waals surface area contributed by atoms with Crippen LogP contribution in [0.2, 0.25) is 0 Å². The van der Waals surface area contributed by atoms with Crippen molar-refractivity contribution >= 4 is 28.1 Å². The zero-order valence-corrected chi connectivity index (χ0v) is 15.0. The van der Waals surface area contributed by atoms with Gasteiger partial charge < -0.3 is 16.2 Å². The van der Waals surface area contributed by atoms with Crippen LogP contribution < -0.4 is 11.1 Å². The molecule has 7 heteroatoms. The molecule has 0 unspecified atom stereocenters. The van der Waals surface area contributed by atoms with Crippen molar-refractivity contribution in [2.24, 2.45) is 0 Å². The molecule has 0 aliphatic heterocycles. The molecule has 4 aromatic rings. The maximum Gasteiger partial charge on any atom is 0.335 e. The molecule has 1 heterocycles. The highest BCUT2D eigenvalue weighted by Crippen LogP contribution is 2.26. The number of aromatic carboxylic acids is 1. The molecule has 4 N–H and O–H groups in total. The van der Waals surface area contributed by atoms with Gasteiger partial charge in [-0.3, -0.25) is 0 Å². The standard InChI is InChI=1S/C18H16N2O2.C3H3N3/c19-16-9-14-3-1-2-4-15(14)10-17(16)20-11-12-5-7-13(8-6-12)18(21)22;1-2-4-6-5-3-1/h1-10,20H,11,19H2,(H,21,22);1-3H. The molecule has 1 aromatic heterocycles. The molecule has 0 aliphatic carbocycles. The van der Waals surface area contributed by atoms with E-state index < -0.39 is 5.97 Å². The van der Waals surface area contributed by atoms with Crippen LogP contribution >= 0.6 is 0 Å².